The van der Waals surface area contributed by atoms with Crippen LogP contribution in [0.3, 0.4) is 0 Å². The number of benzene rings is 4. The lowest BCUT2D eigenvalue weighted by Crippen LogP contribution is -2.10. The number of nitrogens with zero attached hydrogens (tertiary/aromatic N) is 1. The molecule has 0 aliphatic rings. The lowest BCUT2D eigenvalue weighted by Gasteiger charge is -2.26. The highest BCUT2D eigenvalue weighted by molar-refractivity contribution is 5.98. The van der Waals surface area contributed by atoms with Crippen molar-refractivity contribution < 1.29 is 0 Å². The van der Waals surface area contributed by atoms with Gasteiger partial charge in [-0.3, -0.25) is 0 Å². The van der Waals surface area contributed by atoms with Gasteiger partial charge < -0.3 is 4.90 Å². The molecule has 0 saturated carbocycles. The van der Waals surface area contributed by atoms with Crippen LogP contribution in [-0.4, -0.2) is 0 Å². The highest BCUT2D eigenvalue weighted by atomic mass is 15.1. The van der Waals surface area contributed by atoms with E-state index in [-0.39, 0.29) is 0 Å². The van der Waals surface area contributed by atoms with Gasteiger partial charge in [0.2, 0.25) is 0 Å². The predicted molar refractivity (Wildman–Crippen MR) is 103 cm³/mol. The van der Waals surface area contributed by atoms with Crippen molar-refractivity contribution in [3.63, 3.8) is 0 Å². The van der Waals surface area contributed by atoms with Crippen molar-refractivity contribution in [3.8, 4) is 0 Å². The zero-order chi connectivity index (χ0) is 16.4. The number of rotatable bonds is 3. The SMILES string of the molecule is Cc1ccc(N(c2ccccc2)c2cccc3ccccc23)cc1. The quantitative estimate of drug-likeness (QED) is 0.411. The van der Waals surface area contributed by atoms with Crippen LogP contribution in [0.25, 0.3) is 10.8 Å². The second-order valence-corrected chi connectivity index (χ2v) is 6.00. The molecule has 0 atom stereocenters. The van der Waals surface area contributed by atoms with Crippen LogP contribution >= 0.6 is 0 Å². The van der Waals surface area contributed by atoms with E-state index in [9.17, 15) is 0 Å². The fraction of sp³-hybridized carbons (Fsp3) is 0.0435. The van der Waals surface area contributed by atoms with Crippen LogP contribution in [0.1, 0.15) is 5.56 Å². The van der Waals surface area contributed by atoms with Gasteiger partial charge >= 0.3 is 0 Å². The van der Waals surface area contributed by atoms with E-state index in [0.717, 1.165) is 5.69 Å². The van der Waals surface area contributed by atoms with Gasteiger partial charge in [0, 0.05) is 16.8 Å². The van der Waals surface area contributed by atoms with Crippen LogP contribution in [0.2, 0.25) is 0 Å². The molecule has 4 aromatic carbocycles. The molecule has 0 amide bonds. The van der Waals surface area contributed by atoms with Gasteiger partial charge in [-0.15, -0.1) is 0 Å². The minimum absolute atomic E-state index is 1.16. The predicted octanol–water partition coefficient (Wildman–Crippen LogP) is 6.62. The number of aryl methyl sites for hydroxylation is 1. The number of anilines is 3. The summed E-state index contributed by atoms with van der Waals surface area (Å²) < 4.78 is 0. The number of para-hydroxylation sites is 1. The number of hydrogen-bond donors (Lipinski definition) is 0. The zero-order valence-corrected chi connectivity index (χ0v) is 13.7. The van der Waals surface area contributed by atoms with Crippen molar-refractivity contribution in [2.75, 3.05) is 4.90 Å². The van der Waals surface area contributed by atoms with E-state index in [2.05, 4.69) is 109 Å². The van der Waals surface area contributed by atoms with E-state index in [4.69, 9.17) is 0 Å². The van der Waals surface area contributed by atoms with Crippen molar-refractivity contribution in [1.82, 2.24) is 0 Å². The molecular formula is C23H19N. The van der Waals surface area contributed by atoms with Crippen LogP contribution in [0, 0.1) is 6.92 Å². The molecular weight excluding hydrogens is 290 g/mol. The van der Waals surface area contributed by atoms with Gasteiger partial charge in [-0.25, -0.2) is 0 Å². The lowest BCUT2D eigenvalue weighted by atomic mass is 10.1. The van der Waals surface area contributed by atoms with E-state index in [1.807, 2.05) is 0 Å². The number of fused-ring (bicyclic) bond motifs is 1. The molecule has 1 heteroatoms. The standard InChI is InChI=1S/C23H19N/c1-18-14-16-21(17-15-18)24(20-10-3-2-4-11-20)23-13-7-9-19-8-5-6-12-22(19)23/h2-17H,1H3. The van der Waals surface area contributed by atoms with E-state index in [1.165, 1.54) is 27.7 Å². The van der Waals surface area contributed by atoms with Crippen LogP contribution < -0.4 is 4.90 Å². The molecule has 0 bridgehead atoms. The lowest BCUT2D eigenvalue weighted by molar-refractivity contribution is 1.29. The van der Waals surface area contributed by atoms with E-state index < -0.39 is 0 Å². The largest absolute Gasteiger partial charge is 0.310 e. The Balaban J connectivity index is 1.97. The molecule has 24 heavy (non-hydrogen) atoms. The van der Waals surface area contributed by atoms with E-state index in [1.54, 1.807) is 0 Å². The Morgan fingerprint density at radius 3 is 1.96 bits per heavy atom. The van der Waals surface area contributed by atoms with Gasteiger partial charge in [0.15, 0.2) is 0 Å². The summed E-state index contributed by atoms with van der Waals surface area (Å²) in [4.78, 5) is 2.32. The molecule has 0 radical (unpaired) electrons. The smallest absolute Gasteiger partial charge is 0.0540 e. The monoisotopic (exact) mass is 309 g/mol. The average Bonchev–Trinajstić information content (AvgIpc) is 2.65. The Kier molecular flexibility index (Phi) is 3.76. The Morgan fingerprint density at radius 1 is 0.542 bits per heavy atom. The summed E-state index contributed by atoms with van der Waals surface area (Å²) in [5.74, 6) is 0. The molecule has 0 aliphatic carbocycles. The van der Waals surface area contributed by atoms with Crippen LogP contribution in [-0.2, 0) is 0 Å². The van der Waals surface area contributed by atoms with Crippen molar-refractivity contribution in [2.24, 2.45) is 0 Å². The summed E-state index contributed by atoms with van der Waals surface area (Å²) in [7, 11) is 0. The van der Waals surface area contributed by atoms with Gasteiger partial charge in [-0.1, -0.05) is 72.3 Å². The fourth-order valence-electron chi connectivity index (χ4n) is 3.10. The zero-order valence-electron chi connectivity index (χ0n) is 13.7. The maximum Gasteiger partial charge on any atom is 0.0540 e. The topological polar surface area (TPSA) is 3.24 Å². The first-order valence-electron chi connectivity index (χ1n) is 8.22. The Labute approximate surface area is 142 Å². The Morgan fingerprint density at radius 2 is 1.17 bits per heavy atom. The van der Waals surface area contributed by atoms with Gasteiger partial charge in [0.25, 0.3) is 0 Å². The first-order chi connectivity index (χ1) is 11.8. The molecule has 0 aromatic heterocycles. The summed E-state index contributed by atoms with van der Waals surface area (Å²) in [5, 5.41) is 2.51. The van der Waals surface area contributed by atoms with Gasteiger partial charge in [0.05, 0.1) is 5.69 Å². The minimum atomic E-state index is 1.16. The second-order valence-electron chi connectivity index (χ2n) is 6.00. The highest BCUT2D eigenvalue weighted by Crippen LogP contribution is 2.38. The molecule has 0 heterocycles. The molecule has 4 aromatic rings. The molecule has 0 spiro atoms. The Bertz CT molecular complexity index is 951. The van der Waals surface area contributed by atoms with Gasteiger partial charge in [0.1, 0.15) is 0 Å². The van der Waals surface area contributed by atoms with Crippen molar-refractivity contribution in [2.45, 2.75) is 6.92 Å². The molecule has 0 N–H and O–H groups in total. The average molecular weight is 309 g/mol. The highest BCUT2D eigenvalue weighted by Gasteiger charge is 2.14. The first-order valence-corrected chi connectivity index (χ1v) is 8.22. The summed E-state index contributed by atoms with van der Waals surface area (Å²) in [6.07, 6.45) is 0. The fourth-order valence-corrected chi connectivity index (χ4v) is 3.10. The van der Waals surface area contributed by atoms with Gasteiger partial charge in [-0.05, 0) is 42.6 Å². The van der Waals surface area contributed by atoms with Crippen LogP contribution in [0.5, 0.6) is 0 Å². The third-order valence-electron chi connectivity index (χ3n) is 4.31. The Hall–Kier alpha value is -3.06. The summed E-state index contributed by atoms with van der Waals surface area (Å²) >= 11 is 0. The maximum atomic E-state index is 2.32. The maximum absolute atomic E-state index is 2.32. The van der Waals surface area contributed by atoms with Crippen molar-refractivity contribution in [3.05, 3.63) is 103 Å². The van der Waals surface area contributed by atoms with Crippen LogP contribution in [0.15, 0.2) is 97.1 Å². The number of hydrogen-bond acceptors (Lipinski definition) is 1. The molecule has 0 saturated heterocycles. The molecule has 0 unspecified atom stereocenters. The molecule has 116 valence electrons. The van der Waals surface area contributed by atoms with Crippen LogP contribution in [0.4, 0.5) is 17.1 Å². The first kappa shape index (κ1) is 14.5. The van der Waals surface area contributed by atoms with E-state index >= 15 is 0 Å². The summed E-state index contributed by atoms with van der Waals surface area (Å²) in [5.41, 5.74) is 4.80. The molecule has 0 aliphatic heterocycles. The molecule has 4 rings (SSSR count). The summed E-state index contributed by atoms with van der Waals surface area (Å²) in [6, 6.07) is 34.3. The minimum Gasteiger partial charge on any atom is -0.310 e. The summed E-state index contributed by atoms with van der Waals surface area (Å²) in [6.45, 7) is 2.12. The van der Waals surface area contributed by atoms with Crippen molar-refractivity contribution in [1.29, 1.82) is 0 Å². The third-order valence-corrected chi connectivity index (χ3v) is 4.31. The third kappa shape index (κ3) is 2.65. The normalized spacial score (nSPS) is 10.7. The van der Waals surface area contributed by atoms with Crippen molar-refractivity contribution >= 4 is 27.8 Å². The molecule has 1 nitrogen and oxygen atoms in total. The van der Waals surface area contributed by atoms with E-state index in [0.29, 0.717) is 0 Å². The van der Waals surface area contributed by atoms with Gasteiger partial charge in [-0.2, -0.15) is 0 Å². The molecule has 0 fully saturated rings. The second kappa shape index (κ2) is 6.21.